The highest BCUT2D eigenvalue weighted by Crippen LogP contribution is 2.45. The maximum absolute atomic E-state index is 13.8. The number of carbonyl (C=O) groups is 2. The van der Waals surface area contributed by atoms with Crippen molar-refractivity contribution in [3.05, 3.63) is 53.9 Å². The lowest BCUT2D eigenvalue weighted by atomic mass is 9.99. The zero-order chi connectivity index (χ0) is 24.0. The van der Waals surface area contributed by atoms with Crippen LogP contribution in [0.4, 0.5) is 18.0 Å². The van der Waals surface area contributed by atoms with Gasteiger partial charge >= 0.3 is 12.5 Å². The molecule has 0 radical (unpaired) electrons. The molecule has 0 spiro atoms. The van der Waals surface area contributed by atoms with E-state index in [4.69, 9.17) is 9.84 Å². The van der Waals surface area contributed by atoms with Crippen molar-refractivity contribution >= 4 is 12.0 Å². The van der Waals surface area contributed by atoms with E-state index < -0.39 is 48.5 Å². The van der Waals surface area contributed by atoms with Crippen LogP contribution < -0.4 is 5.32 Å². The molecule has 176 valence electrons. The number of pyridine rings is 1. The van der Waals surface area contributed by atoms with Crippen molar-refractivity contribution in [2.75, 3.05) is 6.67 Å². The van der Waals surface area contributed by atoms with Gasteiger partial charge in [-0.25, -0.2) is 9.18 Å². The van der Waals surface area contributed by atoms with E-state index in [9.17, 15) is 22.8 Å². The van der Waals surface area contributed by atoms with Crippen LogP contribution in [0.1, 0.15) is 44.1 Å². The Hall–Kier alpha value is -3.14. The topological polar surface area (TPSA) is 91.8 Å². The number of hydrogen-bond acceptors (Lipinski definition) is 4. The normalized spacial score (nSPS) is 22.9. The fourth-order valence-electron chi connectivity index (χ4n) is 4.44. The van der Waals surface area contributed by atoms with Crippen LogP contribution in [0.2, 0.25) is 0 Å². The highest BCUT2D eigenvalue weighted by molar-refractivity contribution is 5.80. The van der Waals surface area contributed by atoms with E-state index in [2.05, 4.69) is 10.3 Å². The fourth-order valence-corrected chi connectivity index (χ4v) is 4.44. The molecule has 1 aromatic heterocycles. The fraction of sp³-hybridized carbons (Fsp3) is 0.435. The zero-order valence-corrected chi connectivity index (χ0v) is 18.1. The summed E-state index contributed by atoms with van der Waals surface area (Å²) in [5, 5.41) is 11.5. The van der Waals surface area contributed by atoms with Crippen LogP contribution in [0.5, 0.6) is 0 Å². The SMILES string of the molecule is CC1(C)O[C@H](c2ccc(-c3ccc(C4(NC(=O)O)CC4)nc3)cc2)[C@@H](CF)N1C(=O)C(F)F. The lowest BCUT2D eigenvalue weighted by molar-refractivity contribution is -0.159. The van der Waals surface area contributed by atoms with E-state index >= 15 is 0 Å². The molecule has 2 aromatic rings. The van der Waals surface area contributed by atoms with Crippen LogP contribution in [0.3, 0.4) is 0 Å². The summed E-state index contributed by atoms with van der Waals surface area (Å²) in [7, 11) is 0. The zero-order valence-electron chi connectivity index (χ0n) is 18.1. The Morgan fingerprint density at radius 2 is 1.82 bits per heavy atom. The van der Waals surface area contributed by atoms with Gasteiger partial charge in [0.1, 0.15) is 18.5 Å². The molecule has 10 heteroatoms. The minimum atomic E-state index is -3.25. The predicted molar refractivity (Wildman–Crippen MR) is 112 cm³/mol. The van der Waals surface area contributed by atoms with E-state index in [-0.39, 0.29) is 0 Å². The maximum Gasteiger partial charge on any atom is 0.405 e. The summed E-state index contributed by atoms with van der Waals surface area (Å²) in [4.78, 5) is 28.2. The first-order chi connectivity index (χ1) is 15.6. The van der Waals surface area contributed by atoms with Gasteiger partial charge in [-0.1, -0.05) is 30.3 Å². The molecule has 1 saturated heterocycles. The van der Waals surface area contributed by atoms with Crippen LogP contribution in [-0.4, -0.2) is 51.9 Å². The number of carboxylic acid groups (broad SMARTS) is 1. The van der Waals surface area contributed by atoms with Gasteiger partial charge in [-0.15, -0.1) is 0 Å². The molecule has 1 aliphatic heterocycles. The first-order valence-corrected chi connectivity index (χ1v) is 10.5. The number of rotatable bonds is 6. The largest absolute Gasteiger partial charge is 0.465 e. The molecular weight excluding hydrogens is 439 g/mol. The molecule has 7 nitrogen and oxygen atoms in total. The molecule has 2 aliphatic rings. The number of carbonyl (C=O) groups excluding carboxylic acids is 1. The summed E-state index contributed by atoms with van der Waals surface area (Å²) in [6.07, 6.45) is -2.20. The van der Waals surface area contributed by atoms with E-state index in [1.165, 1.54) is 13.8 Å². The summed E-state index contributed by atoms with van der Waals surface area (Å²) in [5.41, 5.74) is 0.816. The Morgan fingerprint density at radius 1 is 1.18 bits per heavy atom. The molecule has 2 N–H and O–H groups in total. The van der Waals surface area contributed by atoms with Crippen molar-refractivity contribution in [2.45, 2.75) is 56.5 Å². The summed E-state index contributed by atoms with van der Waals surface area (Å²) < 4.78 is 45.8. The van der Waals surface area contributed by atoms with Gasteiger partial charge < -0.3 is 20.1 Å². The van der Waals surface area contributed by atoms with E-state index in [1.807, 2.05) is 6.07 Å². The average Bonchev–Trinajstić information content (AvgIpc) is 3.49. The quantitative estimate of drug-likeness (QED) is 0.669. The first-order valence-electron chi connectivity index (χ1n) is 10.5. The molecule has 1 aliphatic carbocycles. The number of ether oxygens (including phenoxy) is 1. The van der Waals surface area contributed by atoms with Crippen LogP contribution in [0, 0.1) is 0 Å². The number of amides is 2. The van der Waals surface area contributed by atoms with Gasteiger partial charge in [-0.2, -0.15) is 8.78 Å². The second-order valence-corrected chi connectivity index (χ2v) is 8.78. The second kappa shape index (κ2) is 8.33. The lowest BCUT2D eigenvalue weighted by Gasteiger charge is -2.32. The minimum Gasteiger partial charge on any atom is -0.465 e. The van der Waals surface area contributed by atoms with Crippen LogP contribution in [0.15, 0.2) is 42.6 Å². The number of benzene rings is 1. The third-order valence-electron chi connectivity index (χ3n) is 6.18. The molecule has 2 fully saturated rings. The lowest BCUT2D eigenvalue weighted by Crippen LogP contribution is -2.51. The molecule has 2 atom stereocenters. The number of halogens is 3. The van der Waals surface area contributed by atoms with Gasteiger partial charge in [0, 0.05) is 11.8 Å². The van der Waals surface area contributed by atoms with Crippen molar-refractivity contribution in [2.24, 2.45) is 0 Å². The number of aromatic nitrogens is 1. The Morgan fingerprint density at radius 3 is 2.30 bits per heavy atom. The van der Waals surface area contributed by atoms with Crippen molar-refractivity contribution in [1.82, 2.24) is 15.2 Å². The summed E-state index contributed by atoms with van der Waals surface area (Å²) in [6.45, 7) is 1.90. The van der Waals surface area contributed by atoms with Gasteiger partial charge in [-0.05, 0) is 43.9 Å². The van der Waals surface area contributed by atoms with Crippen molar-refractivity contribution < 1.29 is 32.6 Å². The Kier molecular flexibility index (Phi) is 5.81. The molecular formula is C23H24F3N3O4. The standard InChI is InChI=1S/C23H24F3N3O4/c1-22(2)29(20(30)19(25)26)16(11-24)18(33-22)14-5-3-13(4-6-14)15-7-8-17(27-12-15)23(9-10-23)28-21(31)32/h3-8,12,16,18-19,28H,9-11H2,1-2H3,(H,31,32)/t16-,18-/m1/s1. The van der Waals surface area contributed by atoms with Crippen molar-refractivity contribution in [3.63, 3.8) is 0 Å². The van der Waals surface area contributed by atoms with Crippen LogP contribution in [0.25, 0.3) is 11.1 Å². The smallest absolute Gasteiger partial charge is 0.405 e. The number of alkyl halides is 3. The molecule has 2 heterocycles. The molecule has 1 saturated carbocycles. The minimum absolute atomic E-state index is 0.561. The van der Waals surface area contributed by atoms with Gasteiger partial charge in [0.15, 0.2) is 0 Å². The third kappa shape index (κ3) is 4.27. The first kappa shape index (κ1) is 23.0. The Labute approximate surface area is 188 Å². The summed E-state index contributed by atoms with van der Waals surface area (Å²) >= 11 is 0. The monoisotopic (exact) mass is 463 g/mol. The van der Waals surface area contributed by atoms with Gasteiger partial charge in [0.25, 0.3) is 5.91 Å². The van der Waals surface area contributed by atoms with E-state index in [1.54, 1.807) is 36.5 Å². The van der Waals surface area contributed by atoms with Crippen LogP contribution in [-0.2, 0) is 15.1 Å². The van der Waals surface area contributed by atoms with Gasteiger partial charge in [0.2, 0.25) is 0 Å². The average molecular weight is 463 g/mol. The predicted octanol–water partition coefficient (Wildman–Crippen LogP) is 4.24. The van der Waals surface area contributed by atoms with Crippen LogP contribution >= 0.6 is 0 Å². The summed E-state index contributed by atoms with van der Waals surface area (Å²) in [5.74, 6) is -1.46. The van der Waals surface area contributed by atoms with Crippen molar-refractivity contribution in [1.29, 1.82) is 0 Å². The summed E-state index contributed by atoms with van der Waals surface area (Å²) in [6, 6.07) is 9.42. The number of nitrogens with one attached hydrogen (secondary N) is 1. The Bertz CT molecular complexity index is 1040. The Balaban J connectivity index is 1.54. The number of nitrogens with zero attached hydrogens (tertiary/aromatic N) is 2. The molecule has 4 rings (SSSR count). The van der Waals surface area contributed by atoms with Crippen molar-refractivity contribution in [3.8, 4) is 11.1 Å². The highest BCUT2D eigenvalue weighted by atomic mass is 19.3. The van der Waals surface area contributed by atoms with Gasteiger partial charge in [-0.3, -0.25) is 9.78 Å². The third-order valence-corrected chi connectivity index (χ3v) is 6.18. The molecule has 1 aromatic carbocycles. The highest BCUT2D eigenvalue weighted by Gasteiger charge is 2.52. The van der Waals surface area contributed by atoms with Gasteiger partial charge in [0.05, 0.1) is 17.3 Å². The molecule has 2 amide bonds. The number of hydrogen-bond donors (Lipinski definition) is 2. The molecule has 0 bridgehead atoms. The molecule has 33 heavy (non-hydrogen) atoms. The van der Waals surface area contributed by atoms with E-state index in [0.29, 0.717) is 24.1 Å². The second-order valence-electron chi connectivity index (χ2n) is 8.78. The maximum atomic E-state index is 13.8. The van der Waals surface area contributed by atoms with E-state index in [0.717, 1.165) is 16.0 Å². The molecule has 0 unspecified atom stereocenters.